The molecule has 0 rings (SSSR count). The Morgan fingerprint density at radius 3 is 1.37 bits per heavy atom. The van der Waals surface area contributed by atoms with Crippen molar-refractivity contribution in [2.75, 3.05) is 0 Å². The molecule has 0 aliphatic heterocycles. The fourth-order valence-corrected chi connectivity index (χ4v) is 19.9. The lowest BCUT2D eigenvalue weighted by atomic mass is 10.9. The topological polar surface area (TPSA) is 9.23 Å². The van der Waals surface area contributed by atoms with Crippen molar-refractivity contribution in [1.29, 1.82) is 0 Å². The lowest BCUT2D eigenvalue weighted by Crippen LogP contribution is -2.44. The molecule has 0 aromatic heterocycles. The summed E-state index contributed by atoms with van der Waals surface area (Å²) in [6, 6.07) is 4.77. The molecule has 0 fully saturated rings. The molecule has 0 aromatic carbocycles. The molecule has 0 radical (unpaired) electrons. The zero-order chi connectivity index (χ0) is 15.1. The maximum absolute atomic E-state index is 6.54. The molecule has 0 aliphatic carbocycles. The molecule has 0 aromatic rings. The van der Waals surface area contributed by atoms with Gasteiger partial charge in [0.15, 0.2) is 16.6 Å². The van der Waals surface area contributed by atoms with Gasteiger partial charge in [-0.25, -0.2) is 0 Å². The van der Waals surface area contributed by atoms with Gasteiger partial charge in [0.05, 0.1) is 28.0 Å². The quantitative estimate of drug-likeness (QED) is 0.385. The van der Waals surface area contributed by atoms with E-state index in [2.05, 4.69) is 26.2 Å². The van der Waals surface area contributed by atoms with E-state index in [1.54, 1.807) is 0 Å². The molecule has 9 heteroatoms. The Morgan fingerprint density at radius 2 is 1.11 bits per heavy atom. The fourth-order valence-electron chi connectivity index (χ4n) is 2.21. The predicted octanol–water partition coefficient (Wildman–Crippen LogP) is 4.11. The van der Waals surface area contributed by atoms with Crippen molar-refractivity contribution in [2.24, 2.45) is 0 Å². The average molecular weight is 416 g/mol. The van der Waals surface area contributed by atoms with Crippen molar-refractivity contribution in [3.8, 4) is 0 Å². The summed E-state index contributed by atoms with van der Waals surface area (Å²) in [6.07, 6.45) is 0. The van der Waals surface area contributed by atoms with Gasteiger partial charge in [0.25, 0.3) is 0 Å². The Hall–Kier alpha value is 1.99. The molecule has 0 N–H and O–H groups in total. The Labute approximate surface area is 145 Å². The third kappa shape index (κ3) is 13.4. The van der Waals surface area contributed by atoms with Gasteiger partial charge in [0, 0.05) is 0 Å². The van der Waals surface area contributed by atoms with Crippen molar-refractivity contribution < 1.29 is 4.12 Å². The Bertz CT molecular complexity index is 228. The van der Waals surface area contributed by atoms with Gasteiger partial charge in [-0.05, 0) is 38.3 Å². The third-order valence-corrected chi connectivity index (χ3v) is 16.9. The Morgan fingerprint density at radius 1 is 0.789 bits per heavy atom. The van der Waals surface area contributed by atoms with E-state index in [-0.39, 0.29) is 28.0 Å². The molecular formula is C10H26Cl4OSi4. The number of hydrogen-bond donors (Lipinski definition) is 0. The molecular weight excluding hydrogens is 390 g/mol. The van der Waals surface area contributed by atoms with Gasteiger partial charge in [-0.15, -0.1) is 46.4 Å². The van der Waals surface area contributed by atoms with E-state index in [9.17, 15) is 0 Å². The molecule has 19 heavy (non-hydrogen) atoms. The monoisotopic (exact) mass is 414 g/mol. The average Bonchev–Trinajstić information content (AvgIpc) is 2.12. The number of hydrogen-bond acceptors (Lipinski definition) is 1. The first-order chi connectivity index (χ1) is 8.54. The zero-order valence-electron chi connectivity index (χ0n) is 12.3. The normalized spacial score (nSPS) is 14.8. The van der Waals surface area contributed by atoms with Crippen molar-refractivity contribution in [1.82, 2.24) is 0 Å². The molecule has 0 saturated heterocycles. The van der Waals surface area contributed by atoms with E-state index in [1.807, 2.05) is 0 Å². The van der Waals surface area contributed by atoms with E-state index in [0.29, 0.717) is 0 Å². The first-order valence-corrected chi connectivity index (χ1v) is 18.4. The van der Waals surface area contributed by atoms with Gasteiger partial charge in [-0.2, -0.15) is 0 Å². The van der Waals surface area contributed by atoms with Gasteiger partial charge in [0.2, 0.25) is 0 Å². The lowest BCUT2D eigenvalue weighted by molar-refractivity contribution is 0.542. The van der Waals surface area contributed by atoms with E-state index in [4.69, 9.17) is 50.5 Å². The van der Waals surface area contributed by atoms with E-state index < -0.39 is 16.6 Å². The molecule has 0 spiro atoms. The van der Waals surface area contributed by atoms with Gasteiger partial charge >= 0.3 is 0 Å². The molecule has 116 valence electrons. The summed E-state index contributed by atoms with van der Waals surface area (Å²) in [7, 11) is -3.79. The van der Waals surface area contributed by atoms with E-state index in [0.717, 1.165) is 0 Å². The van der Waals surface area contributed by atoms with Crippen molar-refractivity contribution in [3.05, 3.63) is 0 Å². The summed E-state index contributed by atoms with van der Waals surface area (Å²) in [6.45, 7) is 9.27. The maximum Gasteiger partial charge on any atom is 0.173 e. The van der Waals surface area contributed by atoms with Crippen LogP contribution in [-0.2, 0) is 4.12 Å². The van der Waals surface area contributed by atoms with Crippen LogP contribution >= 0.6 is 46.4 Å². The SMILES string of the molecule is C[Si](C)(CC[SiH2]C(Cl)Cl)O[Si](C)(C)CC[SiH2]C(Cl)Cl. The largest absolute Gasteiger partial charge is 0.456 e. The minimum absolute atomic E-state index is 0.106. The molecule has 0 unspecified atom stereocenters. The van der Waals surface area contributed by atoms with Crippen molar-refractivity contribution >= 4 is 82.1 Å². The van der Waals surface area contributed by atoms with Crippen LogP contribution in [0.2, 0.25) is 50.4 Å². The number of alkyl halides is 4. The lowest BCUT2D eigenvalue weighted by Gasteiger charge is -2.34. The van der Waals surface area contributed by atoms with Crippen LogP contribution in [0.15, 0.2) is 0 Å². The first-order valence-electron chi connectivity index (χ1n) is 6.80. The van der Waals surface area contributed by atoms with Crippen molar-refractivity contribution in [3.63, 3.8) is 0 Å². The summed E-state index contributed by atoms with van der Waals surface area (Å²) in [5.74, 6) is 0. The highest BCUT2D eigenvalue weighted by Gasteiger charge is 2.32. The summed E-state index contributed by atoms with van der Waals surface area (Å²) < 4.78 is 6.33. The highest BCUT2D eigenvalue weighted by Crippen LogP contribution is 2.24. The summed E-state index contributed by atoms with van der Waals surface area (Å²) >= 11 is 23.3. The Balaban J connectivity index is 4.06. The summed E-state index contributed by atoms with van der Waals surface area (Å²) in [4.78, 5) is 0. The highest BCUT2D eigenvalue weighted by atomic mass is 35.5. The van der Waals surface area contributed by atoms with Crippen LogP contribution in [0.5, 0.6) is 0 Å². The van der Waals surface area contributed by atoms with Crippen LogP contribution in [0.4, 0.5) is 0 Å². The standard InChI is InChI=1S/C10H26Cl4OSi4/c1-18(2,7-5-16-9(11)12)15-19(3,4)8-6-17-10(13)14/h9-10H,5-8,16-17H2,1-4H3. The highest BCUT2D eigenvalue weighted by molar-refractivity contribution is 6.85. The van der Waals surface area contributed by atoms with E-state index in [1.165, 1.54) is 24.2 Å². The predicted molar refractivity (Wildman–Crippen MR) is 103 cm³/mol. The third-order valence-electron chi connectivity index (χ3n) is 2.95. The van der Waals surface area contributed by atoms with Gasteiger partial charge in [-0.3, -0.25) is 0 Å². The molecule has 1 nitrogen and oxygen atoms in total. The molecule has 0 amide bonds. The number of rotatable bonds is 10. The fraction of sp³-hybridized carbons (Fsp3) is 1.00. The van der Waals surface area contributed by atoms with Crippen LogP contribution < -0.4 is 0 Å². The second-order valence-corrected chi connectivity index (χ2v) is 23.9. The number of halogens is 4. The zero-order valence-corrected chi connectivity index (χ0v) is 20.2. The second kappa shape index (κ2) is 9.89. The smallest absolute Gasteiger partial charge is 0.173 e. The van der Waals surface area contributed by atoms with Gasteiger partial charge in [0.1, 0.15) is 0 Å². The van der Waals surface area contributed by atoms with E-state index >= 15 is 0 Å². The van der Waals surface area contributed by atoms with Crippen molar-refractivity contribution in [2.45, 2.75) is 59.3 Å². The van der Waals surface area contributed by atoms with Crippen LogP contribution in [0.25, 0.3) is 0 Å². The van der Waals surface area contributed by atoms with Gasteiger partial charge < -0.3 is 4.12 Å². The first kappa shape index (κ1) is 21.0. The minimum Gasteiger partial charge on any atom is -0.456 e. The minimum atomic E-state index is -1.55. The molecule has 0 atom stereocenters. The van der Waals surface area contributed by atoms with Gasteiger partial charge in [-0.1, -0.05) is 12.1 Å². The summed E-state index contributed by atoms with van der Waals surface area (Å²) in [5, 5.41) is 0. The molecule has 0 saturated carbocycles. The van der Waals surface area contributed by atoms with Crippen LogP contribution in [0.1, 0.15) is 0 Å². The second-order valence-electron chi connectivity index (χ2n) is 6.19. The summed E-state index contributed by atoms with van der Waals surface area (Å²) in [5.41, 5.74) is 0. The molecule has 0 heterocycles. The molecule has 0 aliphatic rings. The molecule has 0 bridgehead atoms. The Kier molecular flexibility index (Phi) is 10.9. The maximum atomic E-state index is 6.54. The van der Waals surface area contributed by atoms with Crippen LogP contribution in [0.3, 0.4) is 0 Å². The van der Waals surface area contributed by atoms with Crippen LogP contribution in [0, 0.1) is 0 Å². The van der Waals surface area contributed by atoms with Crippen LogP contribution in [-0.4, -0.2) is 44.6 Å².